The van der Waals surface area contributed by atoms with Gasteiger partial charge < -0.3 is 0 Å². The van der Waals surface area contributed by atoms with Crippen molar-refractivity contribution in [3.8, 4) is 16.9 Å². The third-order valence-electron chi connectivity index (χ3n) is 6.03. The van der Waals surface area contributed by atoms with E-state index in [2.05, 4.69) is 13.8 Å². The van der Waals surface area contributed by atoms with Crippen LogP contribution in [0.4, 0.5) is 0 Å². The first-order chi connectivity index (χ1) is 16.5. The van der Waals surface area contributed by atoms with E-state index in [0.717, 1.165) is 41.8 Å². The van der Waals surface area contributed by atoms with Gasteiger partial charge in [0.1, 0.15) is 4.32 Å². The third kappa shape index (κ3) is 5.62. The van der Waals surface area contributed by atoms with Crippen molar-refractivity contribution in [2.45, 2.75) is 39.5 Å². The van der Waals surface area contributed by atoms with E-state index in [1.165, 1.54) is 18.2 Å². The Morgan fingerprint density at radius 2 is 1.85 bits per heavy atom. The summed E-state index contributed by atoms with van der Waals surface area (Å²) in [5.41, 5.74) is 3.54. The first-order valence-electron chi connectivity index (χ1n) is 11.7. The molecule has 0 bridgehead atoms. The number of unbranched alkanes of at least 4 members (excludes halogenated alkanes) is 1. The number of thiocarbonyl (C=S) groups is 1. The van der Waals surface area contributed by atoms with E-state index in [1.54, 1.807) is 4.90 Å². The molecule has 4 nitrogen and oxygen atoms in total. The van der Waals surface area contributed by atoms with Crippen LogP contribution >= 0.6 is 35.6 Å². The number of carbonyl (C=O) groups is 1. The molecular weight excluding hydrogens is 482 g/mol. The van der Waals surface area contributed by atoms with Gasteiger partial charge in [0.15, 0.2) is 0 Å². The largest absolute Gasteiger partial charge is 0.293 e. The van der Waals surface area contributed by atoms with E-state index >= 15 is 0 Å². The van der Waals surface area contributed by atoms with Crippen molar-refractivity contribution in [2.75, 3.05) is 6.54 Å². The topological polar surface area (TPSA) is 38.1 Å². The highest BCUT2D eigenvalue weighted by Crippen LogP contribution is 2.36. The van der Waals surface area contributed by atoms with Gasteiger partial charge in [-0.15, -0.1) is 0 Å². The van der Waals surface area contributed by atoms with Crippen LogP contribution in [0.2, 0.25) is 5.02 Å². The molecule has 0 radical (unpaired) electrons. The number of amides is 1. The fraction of sp³-hybridized carbons (Fsp3) is 0.296. The number of rotatable bonds is 9. The average Bonchev–Trinajstić information content (AvgIpc) is 3.39. The van der Waals surface area contributed by atoms with Gasteiger partial charge in [0.25, 0.3) is 5.91 Å². The smallest absolute Gasteiger partial charge is 0.266 e. The Balaban J connectivity index is 1.67. The van der Waals surface area contributed by atoms with Crippen LogP contribution in [0.15, 0.2) is 65.7 Å². The molecule has 1 aliphatic rings. The summed E-state index contributed by atoms with van der Waals surface area (Å²) in [5, 5.41) is 5.51. The fourth-order valence-electron chi connectivity index (χ4n) is 4.01. The molecule has 1 fully saturated rings. The lowest BCUT2D eigenvalue weighted by Crippen LogP contribution is -2.33. The predicted molar refractivity (Wildman–Crippen MR) is 147 cm³/mol. The van der Waals surface area contributed by atoms with Gasteiger partial charge in [0.05, 0.1) is 16.3 Å². The molecule has 1 atom stereocenters. The summed E-state index contributed by atoms with van der Waals surface area (Å²) in [7, 11) is 0. The van der Waals surface area contributed by atoms with E-state index in [4.69, 9.17) is 28.9 Å². The van der Waals surface area contributed by atoms with Crippen LogP contribution < -0.4 is 0 Å². The molecule has 0 spiro atoms. The first kappa shape index (κ1) is 24.7. The molecule has 4 rings (SSSR count). The summed E-state index contributed by atoms with van der Waals surface area (Å²) in [6, 6.07) is 17.5. The highest BCUT2D eigenvalue weighted by atomic mass is 35.5. The molecule has 3 aromatic rings. The summed E-state index contributed by atoms with van der Waals surface area (Å²) in [4.78, 5) is 15.7. The van der Waals surface area contributed by atoms with E-state index < -0.39 is 0 Å². The second-order valence-corrected chi connectivity index (χ2v) is 10.5. The summed E-state index contributed by atoms with van der Waals surface area (Å²) in [5.74, 6) is 0.451. The van der Waals surface area contributed by atoms with Gasteiger partial charge in [0.2, 0.25) is 0 Å². The first-order valence-corrected chi connectivity index (χ1v) is 13.3. The molecule has 2 heterocycles. The van der Waals surface area contributed by atoms with Crippen LogP contribution in [0.3, 0.4) is 0 Å². The summed E-state index contributed by atoms with van der Waals surface area (Å²) >= 11 is 13.1. The number of thioether (sulfide) groups is 1. The zero-order chi connectivity index (χ0) is 24.1. The van der Waals surface area contributed by atoms with Gasteiger partial charge in [-0.05, 0) is 42.7 Å². The van der Waals surface area contributed by atoms with Crippen molar-refractivity contribution < 1.29 is 4.79 Å². The quantitative estimate of drug-likeness (QED) is 0.220. The van der Waals surface area contributed by atoms with Gasteiger partial charge >= 0.3 is 0 Å². The van der Waals surface area contributed by atoms with E-state index in [1.807, 2.05) is 71.6 Å². The molecule has 1 saturated heterocycles. The number of para-hydroxylation sites is 1. The van der Waals surface area contributed by atoms with Crippen molar-refractivity contribution in [3.63, 3.8) is 0 Å². The van der Waals surface area contributed by atoms with Crippen LogP contribution in [0.25, 0.3) is 23.0 Å². The Morgan fingerprint density at radius 3 is 2.53 bits per heavy atom. The Kier molecular flexibility index (Phi) is 8.24. The van der Waals surface area contributed by atoms with Crippen LogP contribution in [-0.4, -0.2) is 31.5 Å². The lowest BCUT2D eigenvalue weighted by Gasteiger charge is -2.21. The fourth-order valence-corrected chi connectivity index (χ4v) is 5.40. The van der Waals surface area contributed by atoms with Crippen molar-refractivity contribution in [2.24, 2.45) is 5.92 Å². The molecule has 34 heavy (non-hydrogen) atoms. The highest BCUT2D eigenvalue weighted by molar-refractivity contribution is 8.26. The standard InChI is InChI=1S/C27H28ClN3OS2/c1-3-5-9-19(4-2)17-30-26(32)24(34-27(30)33)16-21-18-31(23-10-7-6-8-11-23)29-25(21)20-12-14-22(28)15-13-20/h6-8,10-16,18-19H,3-5,9,17H2,1-2H3/b24-16-. The van der Waals surface area contributed by atoms with Crippen molar-refractivity contribution in [1.29, 1.82) is 0 Å². The van der Waals surface area contributed by atoms with Gasteiger partial charge in [-0.25, -0.2) is 4.68 Å². The monoisotopic (exact) mass is 509 g/mol. The Hall–Kier alpha value is -2.41. The Bertz CT molecular complexity index is 1190. The second kappa shape index (κ2) is 11.3. The van der Waals surface area contributed by atoms with Crippen molar-refractivity contribution in [1.82, 2.24) is 14.7 Å². The normalized spacial score (nSPS) is 16.0. The maximum Gasteiger partial charge on any atom is 0.266 e. The number of carbonyl (C=O) groups excluding carboxylic acids is 1. The zero-order valence-corrected chi connectivity index (χ0v) is 21.8. The summed E-state index contributed by atoms with van der Waals surface area (Å²) in [6.45, 7) is 5.07. The van der Waals surface area contributed by atoms with Gasteiger partial charge in [-0.1, -0.05) is 99.0 Å². The maximum absolute atomic E-state index is 13.3. The number of hydrogen-bond acceptors (Lipinski definition) is 4. The van der Waals surface area contributed by atoms with Crippen LogP contribution in [-0.2, 0) is 4.79 Å². The molecule has 0 N–H and O–H groups in total. The van der Waals surface area contributed by atoms with Crippen molar-refractivity contribution >= 4 is 51.9 Å². The minimum atomic E-state index is -0.0144. The molecular formula is C27H28ClN3OS2. The maximum atomic E-state index is 13.3. The summed E-state index contributed by atoms with van der Waals surface area (Å²) in [6.07, 6.45) is 8.37. The lowest BCUT2D eigenvalue weighted by molar-refractivity contribution is -0.122. The molecule has 1 amide bonds. The predicted octanol–water partition coefficient (Wildman–Crippen LogP) is 7.61. The average molecular weight is 510 g/mol. The number of aromatic nitrogens is 2. The number of benzene rings is 2. The number of nitrogens with zero attached hydrogens (tertiary/aromatic N) is 3. The Labute approximate surface area is 216 Å². The van der Waals surface area contributed by atoms with Gasteiger partial charge in [-0.2, -0.15) is 5.10 Å². The number of hydrogen-bond donors (Lipinski definition) is 0. The molecule has 176 valence electrons. The van der Waals surface area contributed by atoms with Crippen LogP contribution in [0.1, 0.15) is 45.1 Å². The highest BCUT2D eigenvalue weighted by Gasteiger charge is 2.33. The molecule has 1 aromatic heterocycles. The van der Waals surface area contributed by atoms with Crippen molar-refractivity contribution in [3.05, 3.63) is 76.3 Å². The minimum absolute atomic E-state index is 0.0144. The van der Waals surface area contributed by atoms with E-state index in [-0.39, 0.29) is 5.91 Å². The third-order valence-corrected chi connectivity index (χ3v) is 7.65. The van der Waals surface area contributed by atoms with Gasteiger partial charge in [-0.3, -0.25) is 9.69 Å². The zero-order valence-electron chi connectivity index (χ0n) is 19.4. The molecule has 1 aliphatic heterocycles. The Morgan fingerprint density at radius 1 is 1.12 bits per heavy atom. The molecule has 0 aliphatic carbocycles. The molecule has 7 heteroatoms. The van der Waals surface area contributed by atoms with Gasteiger partial charge in [0, 0.05) is 28.9 Å². The van der Waals surface area contributed by atoms with E-state index in [9.17, 15) is 4.79 Å². The molecule has 2 aromatic carbocycles. The molecule has 0 saturated carbocycles. The van der Waals surface area contributed by atoms with Crippen LogP contribution in [0.5, 0.6) is 0 Å². The summed E-state index contributed by atoms with van der Waals surface area (Å²) < 4.78 is 2.48. The lowest BCUT2D eigenvalue weighted by atomic mass is 9.99. The second-order valence-electron chi connectivity index (χ2n) is 8.43. The number of halogens is 1. The van der Waals surface area contributed by atoms with Crippen LogP contribution in [0, 0.1) is 5.92 Å². The van der Waals surface area contributed by atoms with E-state index in [0.29, 0.717) is 26.7 Å². The molecule has 1 unspecified atom stereocenters. The SMILES string of the molecule is CCCCC(CC)CN1C(=O)/C(=C/c2cn(-c3ccccc3)nc2-c2ccc(Cl)cc2)SC1=S. The minimum Gasteiger partial charge on any atom is -0.293 e.